The molecule has 0 aliphatic carbocycles. The van der Waals surface area contributed by atoms with Crippen molar-refractivity contribution in [1.82, 2.24) is 0 Å². The smallest absolute Gasteiger partial charge is 0.244 e. The maximum absolute atomic E-state index is 11.9. The number of amides is 1. The second-order valence-corrected chi connectivity index (χ2v) is 5.86. The van der Waals surface area contributed by atoms with Crippen LogP contribution < -0.4 is 10.2 Å². The fourth-order valence-corrected chi connectivity index (χ4v) is 2.19. The van der Waals surface area contributed by atoms with Gasteiger partial charge in [0.1, 0.15) is 5.41 Å². The summed E-state index contributed by atoms with van der Waals surface area (Å²) in [5, 5.41) is 11.7. The first-order valence-corrected chi connectivity index (χ1v) is 7.11. The number of benzene rings is 1. The molecule has 1 atom stereocenters. The van der Waals surface area contributed by atoms with Crippen molar-refractivity contribution < 1.29 is 9.53 Å². The van der Waals surface area contributed by atoms with Gasteiger partial charge in [-0.3, -0.25) is 4.79 Å². The van der Waals surface area contributed by atoms with E-state index < -0.39 is 5.41 Å². The lowest BCUT2D eigenvalue weighted by Crippen LogP contribution is -2.43. The van der Waals surface area contributed by atoms with E-state index in [-0.39, 0.29) is 5.91 Å². The largest absolute Gasteiger partial charge is 0.377 e. The van der Waals surface area contributed by atoms with Gasteiger partial charge in [-0.25, -0.2) is 0 Å². The molecule has 5 nitrogen and oxygen atoms in total. The van der Waals surface area contributed by atoms with Crippen LogP contribution in [0.5, 0.6) is 0 Å². The summed E-state index contributed by atoms with van der Waals surface area (Å²) >= 11 is 0. The highest BCUT2D eigenvalue weighted by molar-refractivity contribution is 5.96. The van der Waals surface area contributed by atoms with Crippen molar-refractivity contribution in [2.45, 2.75) is 26.8 Å². The van der Waals surface area contributed by atoms with E-state index in [1.807, 2.05) is 30.3 Å². The summed E-state index contributed by atoms with van der Waals surface area (Å²) in [5.74, 6) is -0.294. The second-order valence-electron chi connectivity index (χ2n) is 5.86. The molecule has 21 heavy (non-hydrogen) atoms. The van der Waals surface area contributed by atoms with Crippen LogP contribution in [0.15, 0.2) is 24.3 Å². The molecule has 1 heterocycles. The Bertz CT molecular complexity index is 546. The predicted molar refractivity (Wildman–Crippen MR) is 82.1 cm³/mol. The molecule has 0 aromatic heterocycles. The minimum absolute atomic E-state index is 0.294. The van der Waals surface area contributed by atoms with E-state index in [2.05, 4.69) is 17.1 Å². The number of carbonyl (C=O) groups excluding carboxylic acids is 1. The lowest BCUT2D eigenvalue weighted by atomic mass is 9.94. The number of morpholine rings is 1. The monoisotopic (exact) mass is 287 g/mol. The van der Waals surface area contributed by atoms with Gasteiger partial charge in [0.15, 0.2) is 0 Å². The van der Waals surface area contributed by atoms with Crippen molar-refractivity contribution in [3.63, 3.8) is 0 Å². The van der Waals surface area contributed by atoms with Crippen LogP contribution >= 0.6 is 0 Å². The predicted octanol–water partition coefficient (Wildman–Crippen LogP) is 2.40. The molecular weight excluding hydrogens is 266 g/mol. The average molecular weight is 287 g/mol. The van der Waals surface area contributed by atoms with E-state index in [4.69, 9.17) is 10.00 Å². The Kier molecular flexibility index (Phi) is 4.49. The molecule has 0 saturated carbocycles. The number of carbonyl (C=O) groups is 1. The van der Waals surface area contributed by atoms with Crippen molar-refractivity contribution >= 4 is 17.3 Å². The summed E-state index contributed by atoms with van der Waals surface area (Å²) < 4.78 is 5.43. The fourth-order valence-electron chi connectivity index (χ4n) is 2.19. The van der Waals surface area contributed by atoms with Gasteiger partial charge < -0.3 is 15.0 Å². The standard InChI is InChI=1S/C16H21N3O2/c1-12-10-21-9-8-19(12)14-6-4-13(5-7-14)18-15(20)16(2,3)11-17/h4-7,12H,8-10H2,1-3H3,(H,18,20)/t12-/m0/s1. The minimum atomic E-state index is -1.03. The Morgan fingerprint density at radius 3 is 2.67 bits per heavy atom. The zero-order valence-electron chi connectivity index (χ0n) is 12.7. The third-order valence-electron chi connectivity index (χ3n) is 3.67. The van der Waals surface area contributed by atoms with Gasteiger partial charge in [0.25, 0.3) is 0 Å². The van der Waals surface area contributed by atoms with Crippen LogP contribution in [-0.4, -0.2) is 31.7 Å². The van der Waals surface area contributed by atoms with Gasteiger partial charge in [0.2, 0.25) is 5.91 Å². The van der Waals surface area contributed by atoms with Gasteiger partial charge in [-0.2, -0.15) is 5.26 Å². The summed E-state index contributed by atoms with van der Waals surface area (Å²) in [6.07, 6.45) is 0. The molecule has 0 unspecified atom stereocenters. The Morgan fingerprint density at radius 1 is 1.43 bits per heavy atom. The molecule has 1 aliphatic rings. The molecule has 0 spiro atoms. The molecule has 1 N–H and O–H groups in total. The van der Waals surface area contributed by atoms with Crippen molar-refractivity contribution in [3.8, 4) is 6.07 Å². The Hall–Kier alpha value is -2.06. The summed E-state index contributed by atoms with van der Waals surface area (Å²) in [4.78, 5) is 14.2. The Labute approximate surface area is 125 Å². The molecule has 1 aromatic rings. The van der Waals surface area contributed by atoms with Crippen molar-refractivity contribution in [2.24, 2.45) is 5.41 Å². The Morgan fingerprint density at radius 2 is 2.10 bits per heavy atom. The molecule has 1 fully saturated rings. The molecular formula is C16H21N3O2. The Balaban J connectivity index is 2.06. The highest BCUT2D eigenvalue weighted by atomic mass is 16.5. The maximum Gasteiger partial charge on any atom is 0.244 e. The molecule has 112 valence electrons. The number of nitriles is 1. The van der Waals surface area contributed by atoms with Crippen LogP contribution in [0.25, 0.3) is 0 Å². The van der Waals surface area contributed by atoms with Crippen LogP contribution in [0.3, 0.4) is 0 Å². The number of hydrogen-bond donors (Lipinski definition) is 1. The van der Waals surface area contributed by atoms with Gasteiger partial charge >= 0.3 is 0 Å². The van der Waals surface area contributed by atoms with Gasteiger partial charge in [-0.05, 0) is 45.0 Å². The number of hydrogen-bond acceptors (Lipinski definition) is 4. The van der Waals surface area contributed by atoms with Gasteiger partial charge in [0.05, 0.1) is 19.3 Å². The second kappa shape index (κ2) is 6.15. The van der Waals surface area contributed by atoms with Crippen molar-refractivity contribution in [2.75, 3.05) is 30.0 Å². The normalized spacial score (nSPS) is 19.0. The van der Waals surface area contributed by atoms with Crippen LogP contribution in [0.1, 0.15) is 20.8 Å². The van der Waals surface area contributed by atoms with E-state index >= 15 is 0 Å². The summed E-state index contributed by atoms with van der Waals surface area (Å²) in [6.45, 7) is 7.67. The first-order chi connectivity index (χ1) is 9.94. The third-order valence-corrected chi connectivity index (χ3v) is 3.67. The first-order valence-electron chi connectivity index (χ1n) is 7.11. The zero-order chi connectivity index (χ0) is 15.5. The summed E-state index contributed by atoms with van der Waals surface area (Å²) in [6, 6.07) is 10.0. The molecule has 5 heteroatoms. The van der Waals surface area contributed by atoms with Gasteiger partial charge in [0, 0.05) is 24.0 Å². The molecule has 1 aliphatic heterocycles. The van der Waals surface area contributed by atoms with E-state index in [1.54, 1.807) is 13.8 Å². The van der Waals surface area contributed by atoms with E-state index in [0.29, 0.717) is 11.7 Å². The van der Waals surface area contributed by atoms with Crippen LogP contribution in [-0.2, 0) is 9.53 Å². The van der Waals surface area contributed by atoms with Crippen LogP contribution in [0, 0.1) is 16.7 Å². The molecule has 1 amide bonds. The first kappa shape index (κ1) is 15.3. The highest BCUT2D eigenvalue weighted by Crippen LogP contribution is 2.23. The van der Waals surface area contributed by atoms with Crippen LogP contribution in [0.4, 0.5) is 11.4 Å². The minimum Gasteiger partial charge on any atom is -0.377 e. The topological polar surface area (TPSA) is 65.4 Å². The third kappa shape index (κ3) is 3.53. The van der Waals surface area contributed by atoms with E-state index in [1.165, 1.54) is 0 Å². The zero-order valence-corrected chi connectivity index (χ0v) is 12.7. The maximum atomic E-state index is 11.9. The van der Waals surface area contributed by atoms with Crippen LogP contribution in [0.2, 0.25) is 0 Å². The van der Waals surface area contributed by atoms with Gasteiger partial charge in [-0.1, -0.05) is 0 Å². The lowest BCUT2D eigenvalue weighted by molar-refractivity contribution is -0.121. The quantitative estimate of drug-likeness (QED) is 0.927. The molecule has 1 saturated heterocycles. The lowest BCUT2D eigenvalue weighted by Gasteiger charge is -2.35. The summed E-state index contributed by atoms with van der Waals surface area (Å²) in [5.41, 5.74) is 0.786. The highest BCUT2D eigenvalue weighted by Gasteiger charge is 2.27. The SMILES string of the molecule is C[C@H]1COCCN1c1ccc(NC(=O)C(C)(C)C#N)cc1. The number of ether oxygens (including phenoxy) is 1. The fraction of sp³-hybridized carbons (Fsp3) is 0.500. The molecule has 0 bridgehead atoms. The number of nitrogens with zero attached hydrogens (tertiary/aromatic N) is 2. The van der Waals surface area contributed by atoms with Gasteiger partial charge in [-0.15, -0.1) is 0 Å². The number of rotatable bonds is 3. The number of nitrogens with one attached hydrogen (secondary N) is 1. The average Bonchev–Trinajstić information content (AvgIpc) is 2.48. The molecule has 0 radical (unpaired) electrons. The van der Waals surface area contributed by atoms with Crippen molar-refractivity contribution in [3.05, 3.63) is 24.3 Å². The molecule has 1 aromatic carbocycles. The van der Waals surface area contributed by atoms with E-state index in [9.17, 15) is 4.79 Å². The van der Waals surface area contributed by atoms with Crippen molar-refractivity contribution in [1.29, 1.82) is 5.26 Å². The number of anilines is 2. The summed E-state index contributed by atoms with van der Waals surface area (Å²) in [7, 11) is 0. The molecule has 2 rings (SSSR count). The van der Waals surface area contributed by atoms with E-state index in [0.717, 1.165) is 25.4 Å².